The smallest absolute Gasteiger partial charge is 0.248 e. The van der Waals surface area contributed by atoms with Crippen molar-refractivity contribution in [3.05, 3.63) is 59.2 Å². The van der Waals surface area contributed by atoms with E-state index in [9.17, 15) is 4.79 Å². The van der Waals surface area contributed by atoms with Gasteiger partial charge < -0.3 is 27.8 Å². The van der Waals surface area contributed by atoms with Crippen molar-refractivity contribution in [3.8, 4) is 0 Å². The van der Waals surface area contributed by atoms with E-state index in [0.29, 0.717) is 24.3 Å². The minimum absolute atomic E-state index is 0.413. The van der Waals surface area contributed by atoms with Gasteiger partial charge in [-0.1, -0.05) is 18.2 Å². The molecule has 6 nitrogen and oxygen atoms in total. The molecule has 132 valence electrons. The molecule has 0 aromatic heterocycles. The number of aryl methyl sites for hydroxylation is 2. The third-order valence-electron chi connectivity index (χ3n) is 3.83. The second-order valence-corrected chi connectivity index (χ2v) is 5.95. The van der Waals surface area contributed by atoms with Crippen molar-refractivity contribution in [2.45, 2.75) is 13.8 Å². The Hall–Kier alpha value is -3.15. The minimum atomic E-state index is -0.484. The van der Waals surface area contributed by atoms with Gasteiger partial charge in [0.1, 0.15) is 0 Å². The molecule has 0 aliphatic rings. The molecule has 0 aliphatic heterocycles. The number of nitrogens with two attached hydrogens (primary N) is 3. The zero-order valence-electron chi connectivity index (χ0n) is 14.6. The van der Waals surface area contributed by atoms with E-state index in [1.165, 1.54) is 0 Å². The number of hydrogen-bond donors (Lipinski definition) is 5. The van der Waals surface area contributed by atoms with Crippen LogP contribution in [0.4, 0.5) is 22.7 Å². The Bertz CT molecular complexity index is 775. The zero-order valence-corrected chi connectivity index (χ0v) is 14.6. The topological polar surface area (TPSA) is 119 Å². The quantitative estimate of drug-likeness (QED) is 0.392. The molecule has 2 rings (SSSR count). The SMILES string of the molecule is Cc1ccc(NC/C=C/CNc2c(C)cc(C(N)=O)cc2N)c(N)c1. The first kappa shape index (κ1) is 18.2. The van der Waals surface area contributed by atoms with E-state index >= 15 is 0 Å². The second kappa shape index (κ2) is 8.10. The zero-order chi connectivity index (χ0) is 18.4. The molecular weight excluding hydrogens is 314 g/mol. The molecule has 0 spiro atoms. The maximum absolute atomic E-state index is 11.2. The Labute approximate surface area is 148 Å². The second-order valence-electron chi connectivity index (χ2n) is 5.95. The summed E-state index contributed by atoms with van der Waals surface area (Å²) in [5.41, 5.74) is 22.6. The molecule has 0 aliphatic carbocycles. The molecule has 0 saturated carbocycles. The number of amides is 1. The molecule has 0 bridgehead atoms. The van der Waals surface area contributed by atoms with Gasteiger partial charge in [-0.3, -0.25) is 4.79 Å². The molecule has 2 aromatic carbocycles. The van der Waals surface area contributed by atoms with Crippen LogP contribution in [0, 0.1) is 13.8 Å². The van der Waals surface area contributed by atoms with Crippen molar-refractivity contribution in [2.75, 3.05) is 35.2 Å². The van der Waals surface area contributed by atoms with Crippen LogP contribution in [0.1, 0.15) is 21.5 Å². The lowest BCUT2D eigenvalue weighted by atomic mass is 10.1. The number of carbonyl (C=O) groups excluding carboxylic acids is 1. The summed E-state index contributed by atoms with van der Waals surface area (Å²) in [7, 11) is 0. The molecule has 0 heterocycles. The molecule has 0 unspecified atom stereocenters. The fourth-order valence-corrected chi connectivity index (χ4v) is 2.54. The average Bonchev–Trinajstić information content (AvgIpc) is 2.54. The fourth-order valence-electron chi connectivity index (χ4n) is 2.54. The molecule has 0 saturated heterocycles. The average molecular weight is 339 g/mol. The van der Waals surface area contributed by atoms with E-state index in [-0.39, 0.29) is 0 Å². The number of carbonyl (C=O) groups is 1. The first-order chi connectivity index (χ1) is 11.9. The predicted octanol–water partition coefficient (Wildman–Crippen LogP) is 2.65. The van der Waals surface area contributed by atoms with Gasteiger partial charge in [0, 0.05) is 18.7 Å². The van der Waals surface area contributed by atoms with Crippen LogP contribution in [0.15, 0.2) is 42.5 Å². The summed E-state index contributed by atoms with van der Waals surface area (Å²) in [5, 5.41) is 6.51. The molecule has 8 N–H and O–H groups in total. The highest BCUT2D eigenvalue weighted by Gasteiger charge is 2.08. The summed E-state index contributed by atoms with van der Waals surface area (Å²) in [6, 6.07) is 9.25. The summed E-state index contributed by atoms with van der Waals surface area (Å²) in [5.74, 6) is -0.484. The van der Waals surface area contributed by atoms with Gasteiger partial charge in [-0.25, -0.2) is 0 Å². The molecule has 0 atom stereocenters. The van der Waals surface area contributed by atoms with Gasteiger partial charge in [0.15, 0.2) is 0 Å². The third kappa shape index (κ3) is 4.91. The Kier molecular flexibility index (Phi) is 5.89. The molecule has 0 fully saturated rings. The van der Waals surface area contributed by atoms with Crippen LogP contribution in [0.25, 0.3) is 0 Å². The summed E-state index contributed by atoms with van der Waals surface area (Å²) < 4.78 is 0. The van der Waals surface area contributed by atoms with Gasteiger partial charge >= 0.3 is 0 Å². The number of primary amides is 1. The van der Waals surface area contributed by atoms with Crippen LogP contribution in [-0.2, 0) is 0 Å². The predicted molar refractivity (Wildman–Crippen MR) is 106 cm³/mol. The van der Waals surface area contributed by atoms with E-state index in [4.69, 9.17) is 17.2 Å². The highest BCUT2D eigenvalue weighted by molar-refractivity contribution is 5.95. The number of hydrogen-bond acceptors (Lipinski definition) is 5. The molecule has 0 radical (unpaired) electrons. The molecule has 6 heteroatoms. The van der Waals surface area contributed by atoms with E-state index in [0.717, 1.165) is 28.2 Å². The van der Waals surface area contributed by atoms with Gasteiger partial charge in [-0.15, -0.1) is 0 Å². The largest absolute Gasteiger partial charge is 0.397 e. The third-order valence-corrected chi connectivity index (χ3v) is 3.83. The normalized spacial score (nSPS) is 10.8. The Morgan fingerprint density at radius 3 is 2.28 bits per heavy atom. The van der Waals surface area contributed by atoms with Crippen LogP contribution in [0.5, 0.6) is 0 Å². The van der Waals surface area contributed by atoms with Gasteiger partial charge in [0.25, 0.3) is 0 Å². The lowest BCUT2D eigenvalue weighted by Crippen LogP contribution is -2.13. The maximum Gasteiger partial charge on any atom is 0.248 e. The summed E-state index contributed by atoms with van der Waals surface area (Å²) in [4.78, 5) is 11.2. The van der Waals surface area contributed by atoms with Crippen molar-refractivity contribution in [1.29, 1.82) is 0 Å². The summed E-state index contributed by atoms with van der Waals surface area (Å²) in [6.07, 6.45) is 4.01. The van der Waals surface area contributed by atoms with Crippen molar-refractivity contribution in [3.63, 3.8) is 0 Å². The lowest BCUT2D eigenvalue weighted by molar-refractivity contribution is 0.100. The van der Waals surface area contributed by atoms with Gasteiger partial charge in [-0.2, -0.15) is 0 Å². The monoisotopic (exact) mass is 339 g/mol. The first-order valence-electron chi connectivity index (χ1n) is 8.07. The number of anilines is 4. The summed E-state index contributed by atoms with van der Waals surface area (Å²) >= 11 is 0. The van der Waals surface area contributed by atoms with E-state index in [1.54, 1.807) is 12.1 Å². The van der Waals surface area contributed by atoms with Gasteiger partial charge in [0.2, 0.25) is 5.91 Å². The van der Waals surface area contributed by atoms with Crippen LogP contribution in [0.3, 0.4) is 0 Å². The van der Waals surface area contributed by atoms with Gasteiger partial charge in [0.05, 0.1) is 22.7 Å². The Morgan fingerprint density at radius 2 is 1.68 bits per heavy atom. The van der Waals surface area contributed by atoms with E-state index in [2.05, 4.69) is 10.6 Å². The Balaban J connectivity index is 1.86. The van der Waals surface area contributed by atoms with Crippen molar-refractivity contribution in [2.24, 2.45) is 5.73 Å². The maximum atomic E-state index is 11.2. The van der Waals surface area contributed by atoms with Crippen molar-refractivity contribution >= 4 is 28.7 Å². The van der Waals surface area contributed by atoms with E-state index in [1.807, 2.05) is 44.2 Å². The fraction of sp³-hybridized carbons (Fsp3) is 0.211. The number of benzene rings is 2. The highest BCUT2D eigenvalue weighted by atomic mass is 16.1. The van der Waals surface area contributed by atoms with Crippen LogP contribution < -0.4 is 27.8 Å². The molecular formula is C19H25N5O. The molecule has 1 amide bonds. The number of nitrogen functional groups attached to an aromatic ring is 2. The standard InChI is InChI=1S/C19H25N5O/c1-12-5-6-17(15(20)9-12)23-7-3-4-8-24-18-13(2)10-14(19(22)25)11-16(18)21/h3-6,9-11,23-24H,7-8,20-21H2,1-2H3,(H2,22,25)/b4-3+. The Morgan fingerprint density at radius 1 is 1.00 bits per heavy atom. The lowest BCUT2D eigenvalue weighted by Gasteiger charge is -2.12. The highest BCUT2D eigenvalue weighted by Crippen LogP contribution is 2.25. The van der Waals surface area contributed by atoms with Crippen LogP contribution in [-0.4, -0.2) is 19.0 Å². The van der Waals surface area contributed by atoms with Gasteiger partial charge in [-0.05, 0) is 49.2 Å². The summed E-state index contributed by atoms with van der Waals surface area (Å²) in [6.45, 7) is 5.18. The number of nitrogens with one attached hydrogen (secondary N) is 2. The first-order valence-corrected chi connectivity index (χ1v) is 8.07. The molecule has 25 heavy (non-hydrogen) atoms. The van der Waals surface area contributed by atoms with Crippen molar-refractivity contribution < 1.29 is 4.79 Å². The van der Waals surface area contributed by atoms with E-state index < -0.39 is 5.91 Å². The van der Waals surface area contributed by atoms with Crippen LogP contribution in [0.2, 0.25) is 0 Å². The van der Waals surface area contributed by atoms with Crippen molar-refractivity contribution in [1.82, 2.24) is 0 Å². The van der Waals surface area contributed by atoms with Crippen LogP contribution >= 0.6 is 0 Å². The minimum Gasteiger partial charge on any atom is -0.397 e. The number of rotatable bonds is 7. The molecule has 2 aromatic rings.